The Kier molecular flexibility index (Phi) is 2.89. The predicted octanol–water partition coefficient (Wildman–Crippen LogP) is 0.00310. The van der Waals surface area contributed by atoms with E-state index in [2.05, 4.69) is 10.9 Å². The SMILES string of the molecule is CC1(C)CC(O)NN1.Cl. The Morgan fingerprint density at radius 1 is 1.56 bits per heavy atom. The summed E-state index contributed by atoms with van der Waals surface area (Å²) in [6, 6.07) is 0. The molecule has 4 heteroatoms. The van der Waals surface area contributed by atoms with Gasteiger partial charge in [0.1, 0.15) is 6.23 Å². The Bertz CT molecular complexity index is 97.0. The molecule has 1 rings (SSSR count). The van der Waals surface area contributed by atoms with Gasteiger partial charge in [0.25, 0.3) is 0 Å². The number of rotatable bonds is 0. The van der Waals surface area contributed by atoms with Crippen LogP contribution in [0.3, 0.4) is 0 Å². The number of halogens is 1. The van der Waals surface area contributed by atoms with Crippen molar-refractivity contribution in [2.45, 2.75) is 32.0 Å². The summed E-state index contributed by atoms with van der Waals surface area (Å²) < 4.78 is 0. The molecule has 0 spiro atoms. The monoisotopic (exact) mass is 152 g/mol. The van der Waals surface area contributed by atoms with Crippen LogP contribution in [-0.4, -0.2) is 16.9 Å². The zero-order valence-electron chi connectivity index (χ0n) is 5.64. The van der Waals surface area contributed by atoms with Crippen LogP contribution in [-0.2, 0) is 0 Å². The molecule has 1 aliphatic rings. The van der Waals surface area contributed by atoms with E-state index < -0.39 is 0 Å². The fourth-order valence-electron chi connectivity index (χ4n) is 0.864. The Morgan fingerprint density at radius 2 is 2.11 bits per heavy atom. The molecule has 9 heavy (non-hydrogen) atoms. The smallest absolute Gasteiger partial charge is 0.118 e. The minimum Gasteiger partial charge on any atom is -0.377 e. The normalized spacial score (nSPS) is 31.7. The van der Waals surface area contributed by atoms with Gasteiger partial charge in [-0.1, -0.05) is 0 Å². The Morgan fingerprint density at radius 3 is 2.22 bits per heavy atom. The average molecular weight is 153 g/mol. The zero-order chi connectivity index (χ0) is 6.20. The van der Waals surface area contributed by atoms with E-state index in [1.165, 1.54) is 0 Å². The van der Waals surface area contributed by atoms with Crippen molar-refractivity contribution < 1.29 is 5.11 Å². The summed E-state index contributed by atoms with van der Waals surface area (Å²) in [5, 5.41) is 8.89. The van der Waals surface area contributed by atoms with Crippen LogP contribution >= 0.6 is 12.4 Å². The number of hydrazine groups is 1. The Labute approximate surface area is 61.2 Å². The van der Waals surface area contributed by atoms with Gasteiger partial charge < -0.3 is 5.11 Å². The molecule has 3 N–H and O–H groups in total. The fraction of sp³-hybridized carbons (Fsp3) is 1.00. The van der Waals surface area contributed by atoms with Crippen molar-refractivity contribution in [3.8, 4) is 0 Å². The van der Waals surface area contributed by atoms with E-state index in [0.29, 0.717) is 0 Å². The second kappa shape index (κ2) is 2.84. The third-order valence-electron chi connectivity index (χ3n) is 1.28. The van der Waals surface area contributed by atoms with Crippen LogP contribution in [0, 0.1) is 0 Å². The lowest BCUT2D eigenvalue weighted by atomic mass is 10.0. The second-order valence-corrected chi connectivity index (χ2v) is 2.87. The van der Waals surface area contributed by atoms with Crippen molar-refractivity contribution in [2.24, 2.45) is 0 Å². The first-order valence-electron chi connectivity index (χ1n) is 2.81. The van der Waals surface area contributed by atoms with Gasteiger partial charge in [-0.15, -0.1) is 12.4 Å². The molecule has 1 heterocycles. The summed E-state index contributed by atoms with van der Waals surface area (Å²) in [6.07, 6.45) is 0.400. The van der Waals surface area contributed by atoms with E-state index in [1.54, 1.807) is 0 Å². The highest BCUT2D eigenvalue weighted by Gasteiger charge is 2.27. The molecule has 0 aromatic carbocycles. The maximum Gasteiger partial charge on any atom is 0.118 e. The predicted molar refractivity (Wildman–Crippen MR) is 38.2 cm³/mol. The molecule has 0 saturated carbocycles. The molecule has 0 aromatic rings. The van der Waals surface area contributed by atoms with Crippen molar-refractivity contribution in [3.05, 3.63) is 0 Å². The number of hydrogen-bond acceptors (Lipinski definition) is 3. The zero-order valence-corrected chi connectivity index (χ0v) is 6.46. The van der Waals surface area contributed by atoms with Gasteiger partial charge in [-0.25, -0.2) is 10.9 Å². The molecule has 0 aliphatic carbocycles. The molecule has 1 unspecified atom stereocenters. The van der Waals surface area contributed by atoms with Gasteiger partial charge in [-0.2, -0.15) is 0 Å². The molecule has 0 radical (unpaired) electrons. The van der Waals surface area contributed by atoms with Crippen LogP contribution in [0.25, 0.3) is 0 Å². The van der Waals surface area contributed by atoms with Crippen molar-refractivity contribution >= 4 is 12.4 Å². The third kappa shape index (κ3) is 2.49. The molecule has 1 saturated heterocycles. The molecular weight excluding hydrogens is 140 g/mol. The number of aliphatic hydroxyl groups is 1. The summed E-state index contributed by atoms with van der Waals surface area (Å²) >= 11 is 0. The van der Waals surface area contributed by atoms with Gasteiger partial charge in [0.2, 0.25) is 0 Å². The standard InChI is InChI=1S/C5H12N2O.ClH/c1-5(2)3-4(8)6-7-5;/h4,6-8H,3H2,1-2H3;1H. The van der Waals surface area contributed by atoms with Crippen LogP contribution in [0.5, 0.6) is 0 Å². The topological polar surface area (TPSA) is 44.3 Å². The largest absolute Gasteiger partial charge is 0.377 e. The molecule has 0 aromatic heterocycles. The van der Waals surface area contributed by atoms with Crippen LogP contribution < -0.4 is 10.9 Å². The molecular formula is C5H13ClN2O. The van der Waals surface area contributed by atoms with Crippen LogP contribution in [0.2, 0.25) is 0 Å². The summed E-state index contributed by atoms with van der Waals surface area (Å²) in [6.45, 7) is 4.08. The summed E-state index contributed by atoms with van der Waals surface area (Å²) in [5.41, 5.74) is 5.72. The minimum atomic E-state index is -0.370. The summed E-state index contributed by atoms with van der Waals surface area (Å²) in [7, 11) is 0. The van der Waals surface area contributed by atoms with Gasteiger partial charge in [0, 0.05) is 12.0 Å². The lowest BCUT2D eigenvalue weighted by Gasteiger charge is -2.14. The highest BCUT2D eigenvalue weighted by molar-refractivity contribution is 5.85. The van der Waals surface area contributed by atoms with Gasteiger partial charge in [0.05, 0.1) is 0 Å². The van der Waals surface area contributed by atoms with Gasteiger partial charge in [-0.3, -0.25) is 0 Å². The van der Waals surface area contributed by atoms with Crippen LogP contribution in [0.1, 0.15) is 20.3 Å². The number of aliphatic hydroxyl groups excluding tert-OH is 1. The Hall–Kier alpha value is 0.170. The van der Waals surface area contributed by atoms with Gasteiger partial charge in [0.15, 0.2) is 0 Å². The minimum absolute atomic E-state index is 0. The van der Waals surface area contributed by atoms with E-state index in [4.69, 9.17) is 5.11 Å². The van der Waals surface area contributed by atoms with Crippen molar-refractivity contribution in [3.63, 3.8) is 0 Å². The lowest BCUT2D eigenvalue weighted by Crippen LogP contribution is -2.38. The molecule has 0 bridgehead atoms. The van der Waals surface area contributed by atoms with E-state index >= 15 is 0 Å². The molecule has 1 fully saturated rings. The fourth-order valence-corrected chi connectivity index (χ4v) is 0.864. The highest BCUT2D eigenvalue weighted by atomic mass is 35.5. The summed E-state index contributed by atoms with van der Waals surface area (Å²) in [4.78, 5) is 0. The maximum absolute atomic E-state index is 8.89. The van der Waals surface area contributed by atoms with Crippen molar-refractivity contribution in [1.82, 2.24) is 10.9 Å². The first-order valence-corrected chi connectivity index (χ1v) is 2.81. The van der Waals surface area contributed by atoms with E-state index in [-0.39, 0.29) is 24.2 Å². The third-order valence-corrected chi connectivity index (χ3v) is 1.28. The van der Waals surface area contributed by atoms with E-state index in [9.17, 15) is 0 Å². The lowest BCUT2D eigenvalue weighted by molar-refractivity contribution is 0.151. The summed E-state index contributed by atoms with van der Waals surface area (Å²) in [5.74, 6) is 0. The molecule has 56 valence electrons. The van der Waals surface area contributed by atoms with Gasteiger partial charge >= 0.3 is 0 Å². The quantitative estimate of drug-likeness (QED) is 0.458. The van der Waals surface area contributed by atoms with Crippen molar-refractivity contribution in [1.29, 1.82) is 0 Å². The van der Waals surface area contributed by atoms with E-state index in [1.807, 2.05) is 13.8 Å². The van der Waals surface area contributed by atoms with Crippen LogP contribution in [0.15, 0.2) is 0 Å². The number of hydrogen-bond donors (Lipinski definition) is 3. The molecule has 1 atom stereocenters. The first-order chi connectivity index (χ1) is 3.60. The average Bonchev–Trinajstić information content (AvgIpc) is 1.82. The first kappa shape index (κ1) is 9.17. The highest BCUT2D eigenvalue weighted by Crippen LogP contribution is 2.13. The van der Waals surface area contributed by atoms with Crippen molar-refractivity contribution in [2.75, 3.05) is 0 Å². The Balaban J connectivity index is 0.000000640. The van der Waals surface area contributed by atoms with Gasteiger partial charge in [-0.05, 0) is 13.8 Å². The molecule has 3 nitrogen and oxygen atoms in total. The van der Waals surface area contributed by atoms with E-state index in [0.717, 1.165) is 6.42 Å². The van der Waals surface area contributed by atoms with Crippen LogP contribution in [0.4, 0.5) is 0 Å². The molecule has 1 aliphatic heterocycles. The second-order valence-electron chi connectivity index (χ2n) is 2.87. The maximum atomic E-state index is 8.89. The molecule has 0 amide bonds. The number of nitrogens with one attached hydrogen (secondary N) is 2.